The number of carboxylic acid groups (broad SMARTS) is 1. The molecular weight excluding hydrogens is 360 g/mol. The zero-order valence-corrected chi connectivity index (χ0v) is 15.7. The summed E-state index contributed by atoms with van der Waals surface area (Å²) in [6.45, 7) is 2.54. The number of thioether (sulfide) groups is 2. The Balaban J connectivity index is 1.75. The Morgan fingerprint density at radius 1 is 1.28 bits per heavy atom. The lowest BCUT2D eigenvalue weighted by atomic mass is 10.2. The summed E-state index contributed by atoms with van der Waals surface area (Å²) in [6, 6.07) is 7.26. The highest BCUT2D eigenvalue weighted by molar-refractivity contribution is 8.00. The van der Waals surface area contributed by atoms with Crippen LogP contribution in [0.15, 0.2) is 24.3 Å². The quantitative estimate of drug-likeness (QED) is 0.751. The van der Waals surface area contributed by atoms with E-state index in [-0.39, 0.29) is 35.8 Å². The van der Waals surface area contributed by atoms with Crippen molar-refractivity contribution in [2.45, 2.75) is 19.4 Å². The number of aliphatic carboxylic acids is 1. The summed E-state index contributed by atoms with van der Waals surface area (Å²) >= 11 is 2.92. The molecule has 1 heterocycles. The van der Waals surface area contributed by atoms with Gasteiger partial charge in [0.1, 0.15) is 0 Å². The zero-order chi connectivity index (χ0) is 18.2. The summed E-state index contributed by atoms with van der Waals surface area (Å²) in [6.07, 6.45) is -0.0304. The van der Waals surface area contributed by atoms with Gasteiger partial charge in [0.05, 0.1) is 24.0 Å². The van der Waals surface area contributed by atoms with Crippen molar-refractivity contribution in [1.82, 2.24) is 4.90 Å². The van der Waals surface area contributed by atoms with E-state index < -0.39 is 5.97 Å². The molecule has 0 bridgehead atoms. The molecule has 0 spiro atoms. The Hall–Kier alpha value is -1.67. The number of nitrogens with zero attached hydrogens (tertiary/aromatic N) is 1. The molecule has 0 aromatic heterocycles. The van der Waals surface area contributed by atoms with E-state index in [2.05, 4.69) is 5.32 Å². The predicted molar refractivity (Wildman–Crippen MR) is 102 cm³/mol. The minimum atomic E-state index is -0.893. The molecule has 1 aliphatic heterocycles. The number of aryl methyl sites for hydroxylation is 1. The number of hydrogen-bond acceptors (Lipinski definition) is 5. The highest BCUT2D eigenvalue weighted by Gasteiger charge is 2.28. The second-order valence-corrected chi connectivity index (χ2v) is 7.96. The van der Waals surface area contributed by atoms with Crippen LogP contribution < -0.4 is 5.32 Å². The third kappa shape index (κ3) is 6.62. The van der Waals surface area contributed by atoms with E-state index in [0.717, 1.165) is 17.0 Å². The summed E-state index contributed by atoms with van der Waals surface area (Å²) in [5, 5.41) is 11.8. The maximum atomic E-state index is 12.3. The fourth-order valence-corrected chi connectivity index (χ4v) is 4.26. The van der Waals surface area contributed by atoms with Gasteiger partial charge in [-0.15, -0.1) is 11.8 Å². The average molecular weight is 383 g/mol. The first kappa shape index (κ1) is 19.7. The van der Waals surface area contributed by atoms with Gasteiger partial charge in [-0.25, -0.2) is 0 Å². The molecule has 1 aromatic carbocycles. The normalized spacial score (nSPS) is 17.2. The van der Waals surface area contributed by atoms with Crippen molar-refractivity contribution in [3.8, 4) is 0 Å². The number of carboxylic acids is 1. The average Bonchev–Trinajstić information content (AvgIpc) is 2.57. The summed E-state index contributed by atoms with van der Waals surface area (Å²) in [5.74, 6) is 0.693. The fourth-order valence-electron chi connectivity index (χ4n) is 2.50. The molecule has 0 aliphatic carbocycles. The Morgan fingerprint density at radius 2 is 2.00 bits per heavy atom. The molecule has 0 saturated carbocycles. The van der Waals surface area contributed by atoms with E-state index in [9.17, 15) is 14.4 Å². The van der Waals surface area contributed by atoms with Crippen molar-refractivity contribution in [1.29, 1.82) is 0 Å². The van der Waals surface area contributed by atoms with Crippen LogP contribution in [0, 0.1) is 6.92 Å². The number of nitrogens with one attached hydrogen (secondary N) is 1. The lowest BCUT2D eigenvalue weighted by Gasteiger charge is -2.34. The van der Waals surface area contributed by atoms with E-state index in [1.54, 1.807) is 16.7 Å². The number of rotatable bonds is 7. The minimum Gasteiger partial charge on any atom is -0.481 e. The van der Waals surface area contributed by atoms with Gasteiger partial charge < -0.3 is 15.3 Å². The first-order chi connectivity index (χ1) is 12.0. The van der Waals surface area contributed by atoms with E-state index in [0.29, 0.717) is 12.3 Å². The van der Waals surface area contributed by atoms with Crippen LogP contribution in [0.2, 0.25) is 0 Å². The molecule has 1 fully saturated rings. The number of amides is 2. The largest absolute Gasteiger partial charge is 0.481 e. The molecule has 8 heteroatoms. The van der Waals surface area contributed by atoms with Gasteiger partial charge in [0.15, 0.2) is 0 Å². The van der Waals surface area contributed by atoms with Crippen LogP contribution in [-0.4, -0.2) is 63.4 Å². The van der Waals surface area contributed by atoms with Crippen LogP contribution >= 0.6 is 23.5 Å². The van der Waals surface area contributed by atoms with E-state index in [1.165, 1.54) is 11.8 Å². The van der Waals surface area contributed by atoms with E-state index in [4.69, 9.17) is 5.11 Å². The Kier molecular flexibility index (Phi) is 7.64. The fraction of sp³-hybridized carbons (Fsp3) is 0.471. The van der Waals surface area contributed by atoms with Gasteiger partial charge in [-0.1, -0.05) is 17.7 Å². The highest BCUT2D eigenvalue weighted by atomic mass is 32.2. The first-order valence-corrected chi connectivity index (χ1v) is 10.3. The molecule has 6 nitrogen and oxygen atoms in total. The predicted octanol–water partition coefficient (Wildman–Crippen LogP) is 2.09. The van der Waals surface area contributed by atoms with Crippen molar-refractivity contribution in [3.63, 3.8) is 0 Å². The summed E-state index contributed by atoms with van der Waals surface area (Å²) in [7, 11) is 0. The smallest absolute Gasteiger partial charge is 0.305 e. The SMILES string of the molecule is Cc1ccc(NC(=O)CSCC(=O)N2CCSCC2CC(=O)O)cc1. The molecule has 1 unspecified atom stereocenters. The maximum Gasteiger partial charge on any atom is 0.305 e. The molecule has 2 rings (SSSR count). The number of carbonyl (C=O) groups excluding carboxylic acids is 2. The maximum absolute atomic E-state index is 12.3. The van der Waals surface area contributed by atoms with Gasteiger partial charge in [-0.2, -0.15) is 11.8 Å². The molecule has 136 valence electrons. The molecule has 1 saturated heterocycles. The highest BCUT2D eigenvalue weighted by Crippen LogP contribution is 2.20. The lowest BCUT2D eigenvalue weighted by molar-refractivity contribution is -0.139. The van der Waals surface area contributed by atoms with E-state index in [1.807, 2.05) is 31.2 Å². The number of carbonyl (C=O) groups is 3. The van der Waals surface area contributed by atoms with Crippen LogP contribution in [0.25, 0.3) is 0 Å². The van der Waals surface area contributed by atoms with Crippen molar-refractivity contribution >= 4 is 47.0 Å². The second kappa shape index (κ2) is 9.72. The Morgan fingerprint density at radius 3 is 2.68 bits per heavy atom. The molecular formula is C17H22N2O4S2. The Labute approximate surface area is 155 Å². The third-order valence-electron chi connectivity index (χ3n) is 3.75. The zero-order valence-electron chi connectivity index (χ0n) is 14.1. The van der Waals surface area contributed by atoms with Crippen LogP contribution in [0.5, 0.6) is 0 Å². The van der Waals surface area contributed by atoms with Crippen LogP contribution in [0.1, 0.15) is 12.0 Å². The molecule has 1 aliphatic rings. The van der Waals surface area contributed by atoms with Crippen LogP contribution in [0.4, 0.5) is 5.69 Å². The van der Waals surface area contributed by atoms with Gasteiger partial charge >= 0.3 is 5.97 Å². The second-order valence-electron chi connectivity index (χ2n) is 5.82. The number of hydrogen-bond donors (Lipinski definition) is 2. The molecule has 2 N–H and O–H groups in total. The van der Waals surface area contributed by atoms with Gasteiger partial charge in [0, 0.05) is 23.7 Å². The van der Waals surface area contributed by atoms with Crippen LogP contribution in [0.3, 0.4) is 0 Å². The number of anilines is 1. The van der Waals surface area contributed by atoms with Gasteiger partial charge in [0.2, 0.25) is 11.8 Å². The van der Waals surface area contributed by atoms with Crippen LogP contribution in [-0.2, 0) is 14.4 Å². The third-order valence-corrected chi connectivity index (χ3v) is 5.76. The molecule has 1 aromatic rings. The standard InChI is InChI=1S/C17H22N2O4S2/c1-12-2-4-13(5-3-12)18-15(20)10-25-11-16(21)19-6-7-24-9-14(19)8-17(22)23/h2-5,14H,6-11H2,1H3,(H,18,20)(H,22,23). The lowest BCUT2D eigenvalue weighted by Crippen LogP contribution is -2.47. The molecule has 0 radical (unpaired) electrons. The summed E-state index contributed by atoms with van der Waals surface area (Å²) in [4.78, 5) is 36.8. The Bertz CT molecular complexity index is 622. The molecule has 1 atom stereocenters. The minimum absolute atomic E-state index is 0.0304. The number of benzene rings is 1. The van der Waals surface area contributed by atoms with Gasteiger partial charge in [0.25, 0.3) is 0 Å². The molecule has 25 heavy (non-hydrogen) atoms. The van der Waals surface area contributed by atoms with Crippen molar-refractivity contribution < 1.29 is 19.5 Å². The van der Waals surface area contributed by atoms with Crippen molar-refractivity contribution in [2.24, 2.45) is 0 Å². The first-order valence-electron chi connectivity index (χ1n) is 7.99. The topological polar surface area (TPSA) is 86.7 Å². The van der Waals surface area contributed by atoms with Crippen molar-refractivity contribution in [2.75, 3.05) is 34.9 Å². The van der Waals surface area contributed by atoms with Gasteiger partial charge in [-0.3, -0.25) is 14.4 Å². The van der Waals surface area contributed by atoms with Gasteiger partial charge in [-0.05, 0) is 19.1 Å². The summed E-state index contributed by atoms with van der Waals surface area (Å²) in [5.41, 5.74) is 1.85. The monoisotopic (exact) mass is 382 g/mol. The molecule has 2 amide bonds. The van der Waals surface area contributed by atoms with Crippen molar-refractivity contribution in [3.05, 3.63) is 29.8 Å². The van der Waals surface area contributed by atoms with E-state index >= 15 is 0 Å². The summed E-state index contributed by atoms with van der Waals surface area (Å²) < 4.78 is 0.